The maximum Gasteiger partial charge on any atom is 0.224 e. The lowest BCUT2D eigenvalue weighted by Crippen LogP contribution is -2.11. The maximum absolute atomic E-state index is 11.9. The number of H-pyrrole nitrogens is 1. The molecule has 1 atom stereocenters. The molecule has 0 aliphatic carbocycles. The van der Waals surface area contributed by atoms with Crippen molar-refractivity contribution in [2.75, 3.05) is 11.1 Å². The van der Waals surface area contributed by atoms with E-state index in [1.54, 1.807) is 6.33 Å². The summed E-state index contributed by atoms with van der Waals surface area (Å²) in [5.41, 5.74) is 2.70. The van der Waals surface area contributed by atoms with Crippen molar-refractivity contribution in [3.8, 4) is 0 Å². The van der Waals surface area contributed by atoms with Gasteiger partial charge in [0.2, 0.25) is 5.91 Å². The van der Waals surface area contributed by atoms with Gasteiger partial charge in [0.15, 0.2) is 0 Å². The molecule has 0 radical (unpaired) electrons. The van der Waals surface area contributed by atoms with Gasteiger partial charge in [-0.2, -0.15) is 0 Å². The van der Waals surface area contributed by atoms with Crippen LogP contribution in [0.1, 0.15) is 32.1 Å². The van der Waals surface area contributed by atoms with Crippen molar-refractivity contribution in [1.82, 2.24) is 9.97 Å². The molecule has 0 spiro atoms. The van der Waals surface area contributed by atoms with E-state index in [2.05, 4.69) is 15.3 Å². The Bertz CT molecular complexity index is 608. The standard InChI is InChI=1S/C15H19N3OS2/c19-15(4-2-1-3-12-7-8-20-21-12)18-11-5-6-13-14(9-11)17-10-16-13/h5-6,9-10,12H,1-4,7-8H2,(H,16,17)(H,18,19). The molecule has 1 unspecified atom stereocenters. The van der Waals surface area contributed by atoms with Gasteiger partial charge in [-0.05, 0) is 37.5 Å². The zero-order valence-corrected chi connectivity index (χ0v) is 13.4. The normalized spacial score (nSPS) is 18.2. The fourth-order valence-corrected chi connectivity index (χ4v) is 5.49. The average molecular weight is 321 g/mol. The van der Waals surface area contributed by atoms with Gasteiger partial charge in [-0.15, -0.1) is 0 Å². The number of hydrogen-bond acceptors (Lipinski definition) is 4. The average Bonchev–Trinajstić information content (AvgIpc) is 3.14. The third kappa shape index (κ3) is 4.17. The third-order valence-corrected chi connectivity index (χ3v) is 6.62. The number of imidazole rings is 1. The van der Waals surface area contributed by atoms with Gasteiger partial charge in [0.1, 0.15) is 0 Å². The number of rotatable bonds is 6. The number of fused-ring (bicyclic) bond motifs is 1. The van der Waals surface area contributed by atoms with Gasteiger partial charge in [0, 0.05) is 23.1 Å². The minimum Gasteiger partial charge on any atom is -0.345 e. The first-order chi connectivity index (χ1) is 10.3. The largest absolute Gasteiger partial charge is 0.345 e. The van der Waals surface area contributed by atoms with Crippen LogP contribution in [0, 0.1) is 0 Å². The molecule has 3 rings (SSSR count). The van der Waals surface area contributed by atoms with Crippen molar-refractivity contribution in [1.29, 1.82) is 0 Å². The molecular weight excluding hydrogens is 302 g/mol. The molecule has 6 heteroatoms. The van der Waals surface area contributed by atoms with Crippen molar-refractivity contribution >= 4 is 44.2 Å². The Morgan fingerprint density at radius 1 is 1.43 bits per heavy atom. The molecule has 112 valence electrons. The molecule has 0 bridgehead atoms. The summed E-state index contributed by atoms with van der Waals surface area (Å²) in [7, 11) is 3.99. The molecule has 4 nitrogen and oxygen atoms in total. The number of nitrogens with zero attached hydrogens (tertiary/aromatic N) is 1. The molecule has 1 aromatic carbocycles. The molecule has 21 heavy (non-hydrogen) atoms. The number of aromatic nitrogens is 2. The van der Waals surface area contributed by atoms with Crippen LogP contribution < -0.4 is 5.32 Å². The Labute approximate surface area is 132 Å². The monoisotopic (exact) mass is 321 g/mol. The van der Waals surface area contributed by atoms with Crippen molar-refractivity contribution in [2.45, 2.75) is 37.4 Å². The predicted octanol–water partition coefficient (Wildman–Crippen LogP) is 4.22. The first-order valence-corrected chi connectivity index (χ1v) is 9.71. The van der Waals surface area contributed by atoms with Gasteiger partial charge >= 0.3 is 0 Å². The lowest BCUT2D eigenvalue weighted by Gasteiger charge is -2.07. The first-order valence-electron chi connectivity index (χ1n) is 7.32. The first kappa shape index (κ1) is 14.8. The van der Waals surface area contributed by atoms with Gasteiger partial charge in [-0.25, -0.2) is 4.98 Å². The van der Waals surface area contributed by atoms with Crippen LogP contribution in [0.2, 0.25) is 0 Å². The fraction of sp³-hybridized carbons (Fsp3) is 0.467. The van der Waals surface area contributed by atoms with E-state index in [-0.39, 0.29) is 5.91 Å². The smallest absolute Gasteiger partial charge is 0.224 e. The summed E-state index contributed by atoms with van der Waals surface area (Å²) in [6.45, 7) is 0. The van der Waals surface area contributed by atoms with E-state index in [0.717, 1.165) is 34.8 Å². The van der Waals surface area contributed by atoms with E-state index in [1.807, 2.05) is 39.8 Å². The van der Waals surface area contributed by atoms with E-state index in [9.17, 15) is 4.79 Å². The van der Waals surface area contributed by atoms with Crippen LogP contribution >= 0.6 is 21.6 Å². The number of amides is 1. The van der Waals surface area contributed by atoms with Crippen molar-refractivity contribution in [3.63, 3.8) is 0 Å². The number of aromatic amines is 1. The van der Waals surface area contributed by atoms with Crippen LogP contribution in [0.15, 0.2) is 24.5 Å². The van der Waals surface area contributed by atoms with Gasteiger partial charge in [-0.3, -0.25) is 4.79 Å². The number of hydrogen-bond donors (Lipinski definition) is 2. The second-order valence-corrected chi connectivity index (χ2v) is 8.04. The zero-order valence-electron chi connectivity index (χ0n) is 11.8. The van der Waals surface area contributed by atoms with Crippen LogP contribution in [0.5, 0.6) is 0 Å². The summed E-state index contributed by atoms with van der Waals surface area (Å²) in [6.07, 6.45) is 6.95. The quantitative estimate of drug-likeness (QED) is 0.618. The SMILES string of the molecule is O=C(CCCCC1CCSS1)Nc1ccc2nc[nH]c2c1. The third-order valence-electron chi connectivity index (χ3n) is 3.61. The van der Waals surface area contributed by atoms with Crippen LogP contribution in [-0.4, -0.2) is 26.9 Å². The maximum atomic E-state index is 11.9. The molecule has 2 heterocycles. The van der Waals surface area contributed by atoms with Crippen LogP contribution in [0.3, 0.4) is 0 Å². The van der Waals surface area contributed by atoms with E-state index in [1.165, 1.54) is 18.6 Å². The number of anilines is 1. The Balaban J connectivity index is 1.40. The molecule has 1 aromatic heterocycles. The molecule has 1 fully saturated rings. The number of nitrogens with one attached hydrogen (secondary N) is 2. The lowest BCUT2D eigenvalue weighted by atomic mass is 10.1. The molecule has 1 aliphatic heterocycles. The number of benzene rings is 1. The Morgan fingerprint density at radius 3 is 3.24 bits per heavy atom. The summed E-state index contributed by atoms with van der Waals surface area (Å²) < 4.78 is 0. The highest BCUT2D eigenvalue weighted by Crippen LogP contribution is 2.39. The van der Waals surface area contributed by atoms with Crippen LogP contribution in [0.4, 0.5) is 5.69 Å². The zero-order chi connectivity index (χ0) is 14.5. The molecule has 1 saturated heterocycles. The predicted molar refractivity (Wildman–Crippen MR) is 91.6 cm³/mol. The lowest BCUT2D eigenvalue weighted by molar-refractivity contribution is -0.116. The molecule has 2 N–H and O–H groups in total. The second kappa shape index (κ2) is 7.22. The van der Waals surface area contributed by atoms with Gasteiger partial charge in [0.25, 0.3) is 0 Å². The summed E-state index contributed by atoms with van der Waals surface area (Å²) >= 11 is 0. The Kier molecular flexibility index (Phi) is 5.08. The second-order valence-electron chi connectivity index (χ2n) is 5.26. The van der Waals surface area contributed by atoms with Gasteiger partial charge in [-0.1, -0.05) is 28.0 Å². The van der Waals surface area contributed by atoms with Crippen molar-refractivity contribution in [2.24, 2.45) is 0 Å². The number of unbranched alkanes of at least 4 members (excludes halogenated alkanes) is 1. The Hall–Kier alpha value is -1.14. The highest BCUT2D eigenvalue weighted by Gasteiger charge is 2.15. The Morgan fingerprint density at radius 2 is 2.38 bits per heavy atom. The molecule has 2 aromatic rings. The van der Waals surface area contributed by atoms with Crippen molar-refractivity contribution in [3.05, 3.63) is 24.5 Å². The molecular formula is C15H19N3OS2. The summed E-state index contributed by atoms with van der Waals surface area (Å²) in [5.74, 6) is 1.38. The minimum atomic E-state index is 0.0994. The summed E-state index contributed by atoms with van der Waals surface area (Å²) in [6, 6.07) is 5.73. The van der Waals surface area contributed by atoms with Crippen molar-refractivity contribution < 1.29 is 4.79 Å². The van der Waals surface area contributed by atoms with E-state index < -0.39 is 0 Å². The highest BCUT2D eigenvalue weighted by atomic mass is 33.1. The number of carbonyl (C=O) groups excluding carboxylic acids is 1. The topological polar surface area (TPSA) is 57.8 Å². The molecule has 0 saturated carbocycles. The van der Waals surface area contributed by atoms with Crippen LogP contribution in [-0.2, 0) is 4.79 Å². The molecule has 1 aliphatic rings. The van der Waals surface area contributed by atoms with E-state index >= 15 is 0 Å². The van der Waals surface area contributed by atoms with Crippen LogP contribution in [0.25, 0.3) is 11.0 Å². The van der Waals surface area contributed by atoms with E-state index in [4.69, 9.17) is 0 Å². The molecule has 1 amide bonds. The van der Waals surface area contributed by atoms with Gasteiger partial charge in [0.05, 0.1) is 17.4 Å². The fourth-order valence-electron chi connectivity index (χ4n) is 2.46. The van der Waals surface area contributed by atoms with E-state index in [0.29, 0.717) is 6.42 Å². The highest BCUT2D eigenvalue weighted by molar-refractivity contribution is 8.77. The van der Waals surface area contributed by atoms with Gasteiger partial charge < -0.3 is 10.3 Å². The summed E-state index contributed by atoms with van der Waals surface area (Å²) in [4.78, 5) is 19.2. The summed E-state index contributed by atoms with van der Waals surface area (Å²) in [5, 5.41) is 3.76. The number of carbonyl (C=O) groups is 1. The minimum absolute atomic E-state index is 0.0994.